The summed E-state index contributed by atoms with van der Waals surface area (Å²) >= 11 is 6.17. The normalized spacial score (nSPS) is 16.0. The average Bonchev–Trinajstić information content (AvgIpc) is 2.69. The van der Waals surface area contributed by atoms with Crippen molar-refractivity contribution < 1.29 is 17.9 Å². The van der Waals surface area contributed by atoms with E-state index in [0.29, 0.717) is 37.6 Å². The van der Waals surface area contributed by atoms with Crippen LogP contribution in [0.4, 0.5) is 5.69 Å². The summed E-state index contributed by atoms with van der Waals surface area (Å²) in [6, 6.07) is 11.2. The second kappa shape index (κ2) is 8.48. The molecule has 1 N–H and O–H groups in total. The predicted molar refractivity (Wildman–Crippen MR) is 109 cm³/mol. The maximum absolute atomic E-state index is 13.0. The minimum absolute atomic E-state index is 0.0635. The summed E-state index contributed by atoms with van der Waals surface area (Å²) in [6.45, 7) is 2.05. The molecule has 28 heavy (non-hydrogen) atoms. The van der Waals surface area contributed by atoms with Gasteiger partial charge in [-0.05, 0) is 37.4 Å². The van der Waals surface area contributed by atoms with Crippen molar-refractivity contribution in [2.75, 3.05) is 45.7 Å². The van der Waals surface area contributed by atoms with Crippen LogP contribution in [-0.4, -0.2) is 63.9 Å². The third-order valence-electron chi connectivity index (χ3n) is 4.63. The molecule has 0 radical (unpaired) electrons. The lowest BCUT2D eigenvalue weighted by Crippen LogP contribution is -2.47. The van der Waals surface area contributed by atoms with Gasteiger partial charge in [0, 0.05) is 31.7 Å². The Labute approximate surface area is 169 Å². The molecule has 150 valence electrons. The number of benzene rings is 2. The second-order valence-electron chi connectivity index (χ2n) is 6.51. The zero-order valence-electron chi connectivity index (χ0n) is 15.7. The summed E-state index contributed by atoms with van der Waals surface area (Å²) in [5, 5.41) is 2.83. The molecule has 1 aliphatic rings. The summed E-state index contributed by atoms with van der Waals surface area (Å²) in [5.74, 6) is 0.0612. The molecule has 0 saturated carbocycles. The van der Waals surface area contributed by atoms with Crippen LogP contribution >= 0.6 is 11.6 Å². The molecular formula is C19H22ClN3O4S. The Morgan fingerprint density at radius 2 is 1.79 bits per heavy atom. The molecule has 7 nitrogen and oxygen atoms in total. The highest BCUT2D eigenvalue weighted by atomic mass is 35.5. The molecule has 0 aliphatic carbocycles. The van der Waals surface area contributed by atoms with Gasteiger partial charge in [0.25, 0.3) is 5.91 Å². The van der Waals surface area contributed by atoms with Crippen molar-refractivity contribution in [1.29, 1.82) is 0 Å². The van der Waals surface area contributed by atoms with Gasteiger partial charge in [0.15, 0.2) is 0 Å². The smallest absolute Gasteiger partial charge is 0.255 e. The van der Waals surface area contributed by atoms with E-state index in [0.717, 1.165) is 0 Å². The standard InChI is InChI=1S/C19H22ClN3O4S/c1-22-9-11-23(12-10-22)28(25,26)18-13-14(7-8-15(18)20)19(24)21-16-5-3-4-6-17(16)27-2/h3-8,13H,9-12H2,1-2H3,(H,21,24). The Kier molecular flexibility index (Phi) is 6.24. The Bertz CT molecular complexity index is 973. The number of nitrogens with one attached hydrogen (secondary N) is 1. The van der Waals surface area contributed by atoms with Crippen LogP contribution in [0.5, 0.6) is 5.75 Å². The Balaban J connectivity index is 1.87. The van der Waals surface area contributed by atoms with E-state index in [4.69, 9.17) is 16.3 Å². The lowest BCUT2D eigenvalue weighted by Gasteiger charge is -2.31. The summed E-state index contributed by atoms with van der Waals surface area (Å²) in [7, 11) is -0.336. The van der Waals surface area contributed by atoms with Crippen LogP contribution in [0, 0.1) is 0 Å². The molecule has 0 aromatic heterocycles. The molecule has 0 unspecified atom stereocenters. The number of nitrogens with zero attached hydrogens (tertiary/aromatic N) is 2. The Morgan fingerprint density at radius 1 is 1.11 bits per heavy atom. The zero-order valence-corrected chi connectivity index (χ0v) is 17.3. The number of para-hydroxylation sites is 2. The number of methoxy groups -OCH3 is 1. The number of anilines is 1. The number of likely N-dealkylation sites (N-methyl/N-ethyl adjacent to an activating group) is 1. The van der Waals surface area contributed by atoms with E-state index >= 15 is 0 Å². The largest absolute Gasteiger partial charge is 0.495 e. The van der Waals surface area contributed by atoms with Crippen molar-refractivity contribution in [2.24, 2.45) is 0 Å². The van der Waals surface area contributed by atoms with Crippen LogP contribution in [0.3, 0.4) is 0 Å². The van der Waals surface area contributed by atoms with E-state index in [1.807, 2.05) is 7.05 Å². The number of amides is 1. The van der Waals surface area contributed by atoms with Gasteiger partial charge >= 0.3 is 0 Å². The fourth-order valence-corrected chi connectivity index (χ4v) is 4.87. The molecule has 3 rings (SSSR count). The molecule has 1 aliphatic heterocycles. The van der Waals surface area contributed by atoms with Crippen LogP contribution in [0.25, 0.3) is 0 Å². The van der Waals surface area contributed by atoms with Gasteiger partial charge in [-0.2, -0.15) is 4.31 Å². The highest BCUT2D eigenvalue weighted by Gasteiger charge is 2.30. The highest BCUT2D eigenvalue weighted by molar-refractivity contribution is 7.89. The van der Waals surface area contributed by atoms with E-state index in [2.05, 4.69) is 10.2 Å². The van der Waals surface area contributed by atoms with Gasteiger partial charge in [-0.25, -0.2) is 8.42 Å². The SMILES string of the molecule is COc1ccccc1NC(=O)c1ccc(Cl)c(S(=O)(=O)N2CCN(C)CC2)c1. The quantitative estimate of drug-likeness (QED) is 0.799. The molecule has 1 saturated heterocycles. The van der Waals surface area contributed by atoms with Crippen LogP contribution < -0.4 is 10.1 Å². The number of hydrogen-bond donors (Lipinski definition) is 1. The van der Waals surface area contributed by atoms with Crippen LogP contribution in [0.15, 0.2) is 47.4 Å². The molecule has 2 aromatic rings. The molecule has 1 amide bonds. The van der Waals surface area contributed by atoms with Gasteiger partial charge in [-0.15, -0.1) is 0 Å². The monoisotopic (exact) mass is 423 g/mol. The fourth-order valence-electron chi connectivity index (χ4n) is 2.95. The fraction of sp³-hybridized carbons (Fsp3) is 0.316. The number of hydrogen-bond acceptors (Lipinski definition) is 5. The number of rotatable bonds is 5. The minimum atomic E-state index is -3.79. The first-order chi connectivity index (χ1) is 13.3. The molecule has 0 spiro atoms. The Morgan fingerprint density at radius 3 is 2.46 bits per heavy atom. The second-order valence-corrected chi connectivity index (χ2v) is 8.82. The lowest BCUT2D eigenvalue weighted by molar-refractivity contribution is 0.102. The van der Waals surface area contributed by atoms with Crippen molar-refractivity contribution in [3.8, 4) is 5.75 Å². The van der Waals surface area contributed by atoms with Crippen LogP contribution in [0.1, 0.15) is 10.4 Å². The zero-order chi connectivity index (χ0) is 20.3. The van der Waals surface area contributed by atoms with Crippen molar-refractivity contribution in [3.63, 3.8) is 0 Å². The first kappa shape index (κ1) is 20.6. The summed E-state index contributed by atoms with van der Waals surface area (Å²) < 4.78 is 32.7. The molecule has 0 atom stereocenters. The van der Waals surface area contributed by atoms with Gasteiger partial charge in [-0.3, -0.25) is 4.79 Å². The number of carbonyl (C=O) groups is 1. The summed E-state index contributed by atoms with van der Waals surface area (Å²) in [6.07, 6.45) is 0. The maximum atomic E-state index is 13.0. The van der Waals surface area contributed by atoms with Crippen molar-refractivity contribution in [3.05, 3.63) is 53.1 Å². The van der Waals surface area contributed by atoms with E-state index in [9.17, 15) is 13.2 Å². The van der Waals surface area contributed by atoms with Gasteiger partial charge in [-0.1, -0.05) is 23.7 Å². The number of carbonyl (C=O) groups excluding carboxylic acids is 1. The molecule has 1 fully saturated rings. The van der Waals surface area contributed by atoms with Crippen molar-refractivity contribution >= 4 is 33.2 Å². The van der Waals surface area contributed by atoms with E-state index in [-0.39, 0.29) is 15.5 Å². The van der Waals surface area contributed by atoms with Gasteiger partial charge in [0.05, 0.1) is 17.8 Å². The van der Waals surface area contributed by atoms with Crippen molar-refractivity contribution in [2.45, 2.75) is 4.90 Å². The number of halogens is 1. The average molecular weight is 424 g/mol. The summed E-state index contributed by atoms with van der Waals surface area (Å²) in [5.41, 5.74) is 0.691. The van der Waals surface area contributed by atoms with Gasteiger partial charge in [0.1, 0.15) is 10.6 Å². The van der Waals surface area contributed by atoms with E-state index < -0.39 is 15.9 Å². The first-order valence-electron chi connectivity index (χ1n) is 8.75. The number of ether oxygens (including phenoxy) is 1. The molecular weight excluding hydrogens is 402 g/mol. The van der Waals surface area contributed by atoms with E-state index in [1.54, 1.807) is 24.3 Å². The first-order valence-corrected chi connectivity index (χ1v) is 10.6. The van der Waals surface area contributed by atoms with Crippen molar-refractivity contribution in [1.82, 2.24) is 9.21 Å². The number of sulfonamides is 1. The minimum Gasteiger partial charge on any atom is -0.495 e. The van der Waals surface area contributed by atoms with Crippen LogP contribution in [0.2, 0.25) is 5.02 Å². The lowest BCUT2D eigenvalue weighted by atomic mass is 10.2. The topological polar surface area (TPSA) is 78.9 Å². The number of piperazine rings is 1. The molecule has 2 aromatic carbocycles. The van der Waals surface area contributed by atoms with Gasteiger partial charge in [0.2, 0.25) is 10.0 Å². The molecule has 0 bridgehead atoms. The highest BCUT2D eigenvalue weighted by Crippen LogP contribution is 2.28. The van der Waals surface area contributed by atoms with E-state index in [1.165, 1.54) is 29.6 Å². The molecule has 9 heteroatoms. The van der Waals surface area contributed by atoms with Crippen LogP contribution in [-0.2, 0) is 10.0 Å². The maximum Gasteiger partial charge on any atom is 0.255 e. The Hall–Kier alpha value is -2.13. The third-order valence-corrected chi connectivity index (χ3v) is 7.01. The van der Waals surface area contributed by atoms with Gasteiger partial charge < -0.3 is 15.0 Å². The third kappa shape index (κ3) is 4.30. The summed E-state index contributed by atoms with van der Waals surface area (Å²) in [4.78, 5) is 14.7. The predicted octanol–water partition coefficient (Wildman–Crippen LogP) is 2.54. The molecule has 1 heterocycles.